The molecule has 2 fully saturated rings. The Morgan fingerprint density at radius 2 is 2.08 bits per heavy atom. The van der Waals surface area contributed by atoms with Gasteiger partial charge in [0.25, 0.3) is 0 Å². The lowest BCUT2D eigenvalue weighted by Crippen LogP contribution is -2.44. The molecule has 1 saturated carbocycles. The third-order valence-corrected chi connectivity index (χ3v) is 3.93. The minimum atomic E-state index is 0.702. The molecule has 0 unspecified atom stereocenters. The van der Waals surface area contributed by atoms with Crippen LogP contribution < -0.4 is 0 Å². The average Bonchev–Trinajstić information content (AvgIpc) is 2.85. The number of likely N-dealkylation sites (tertiary alicyclic amines) is 1. The van der Waals surface area contributed by atoms with Gasteiger partial charge >= 0.3 is 0 Å². The lowest BCUT2D eigenvalue weighted by molar-refractivity contribution is 0.0982. The molecule has 0 bridgehead atoms. The molecule has 1 atom stereocenters. The number of rotatable bonds is 2. The van der Waals surface area contributed by atoms with Gasteiger partial charge in [-0.15, -0.1) is 0 Å². The molecule has 0 amide bonds. The molecule has 2 rings (SSSR count). The Morgan fingerprint density at radius 1 is 1.33 bits per heavy atom. The second-order valence-electron chi connectivity index (χ2n) is 4.57. The fourth-order valence-corrected chi connectivity index (χ4v) is 2.85. The van der Waals surface area contributed by atoms with Crippen LogP contribution in [-0.4, -0.2) is 23.5 Å². The van der Waals surface area contributed by atoms with E-state index in [1.165, 1.54) is 45.2 Å². The Morgan fingerprint density at radius 3 is 2.58 bits per heavy atom. The summed E-state index contributed by atoms with van der Waals surface area (Å²) in [5, 5.41) is 0. The zero-order valence-electron chi connectivity index (χ0n) is 8.47. The van der Waals surface area contributed by atoms with E-state index in [0.29, 0.717) is 5.54 Å². The molecule has 1 nitrogen and oxygen atoms in total. The highest BCUT2D eigenvalue weighted by atomic mass is 15.2. The molecular formula is C11H21N. The van der Waals surface area contributed by atoms with Gasteiger partial charge in [-0.3, -0.25) is 4.90 Å². The van der Waals surface area contributed by atoms with Gasteiger partial charge in [-0.1, -0.05) is 20.3 Å². The van der Waals surface area contributed by atoms with Crippen molar-refractivity contribution in [1.29, 1.82) is 0 Å². The Labute approximate surface area is 76.1 Å². The van der Waals surface area contributed by atoms with Crippen LogP contribution in [0.1, 0.15) is 46.0 Å². The van der Waals surface area contributed by atoms with Gasteiger partial charge in [-0.05, 0) is 44.7 Å². The van der Waals surface area contributed by atoms with Crippen molar-refractivity contribution in [2.45, 2.75) is 51.5 Å². The molecule has 70 valence electrons. The first-order valence-electron chi connectivity index (χ1n) is 5.56. The predicted octanol–water partition coefficient (Wildman–Crippen LogP) is 2.66. The molecule has 0 aromatic carbocycles. The maximum atomic E-state index is 2.72. The van der Waals surface area contributed by atoms with E-state index >= 15 is 0 Å². The molecule has 1 saturated heterocycles. The van der Waals surface area contributed by atoms with E-state index in [1.54, 1.807) is 0 Å². The second kappa shape index (κ2) is 3.02. The number of piperidine rings is 1. The summed E-state index contributed by atoms with van der Waals surface area (Å²) in [5.41, 5.74) is 0.702. The summed E-state index contributed by atoms with van der Waals surface area (Å²) in [6, 6.07) is 0. The summed E-state index contributed by atoms with van der Waals surface area (Å²) in [5.74, 6) is 1.04. The van der Waals surface area contributed by atoms with Crippen LogP contribution in [0.15, 0.2) is 0 Å². The van der Waals surface area contributed by atoms with Gasteiger partial charge in [0.2, 0.25) is 0 Å². The average molecular weight is 167 g/mol. The van der Waals surface area contributed by atoms with E-state index in [0.717, 1.165) is 5.92 Å². The first-order valence-corrected chi connectivity index (χ1v) is 5.56. The Bertz CT molecular complexity index is 160. The predicted molar refractivity (Wildman–Crippen MR) is 52.2 cm³/mol. The Balaban J connectivity index is 1.98. The molecule has 12 heavy (non-hydrogen) atoms. The summed E-state index contributed by atoms with van der Waals surface area (Å²) >= 11 is 0. The summed E-state index contributed by atoms with van der Waals surface area (Å²) in [7, 11) is 0. The monoisotopic (exact) mass is 167 g/mol. The number of nitrogens with zero attached hydrogens (tertiary/aromatic N) is 1. The van der Waals surface area contributed by atoms with Gasteiger partial charge in [0, 0.05) is 5.54 Å². The van der Waals surface area contributed by atoms with Crippen LogP contribution in [0.4, 0.5) is 0 Å². The number of hydrogen-bond donors (Lipinski definition) is 0. The zero-order valence-corrected chi connectivity index (χ0v) is 8.47. The van der Waals surface area contributed by atoms with Crippen molar-refractivity contribution in [1.82, 2.24) is 4.90 Å². The summed E-state index contributed by atoms with van der Waals surface area (Å²) < 4.78 is 0. The lowest BCUT2D eigenvalue weighted by atomic mass is 9.87. The minimum Gasteiger partial charge on any atom is -0.298 e. The van der Waals surface area contributed by atoms with E-state index in [1.807, 2.05) is 0 Å². The van der Waals surface area contributed by atoms with Crippen molar-refractivity contribution in [3.63, 3.8) is 0 Å². The third-order valence-electron chi connectivity index (χ3n) is 3.93. The highest BCUT2D eigenvalue weighted by molar-refractivity contribution is 5.06. The molecule has 1 aliphatic heterocycles. The van der Waals surface area contributed by atoms with Crippen molar-refractivity contribution in [3.05, 3.63) is 0 Å². The van der Waals surface area contributed by atoms with Crippen molar-refractivity contribution < 1.29 is 0 Å². The molecule has 1 aliphatic carbocycles. The summed E-state index contributed by atoms with van der Waals surface area (Å²) in [4.78, 5) is 2.72. The SMILES string of the molecule is CC[C@@H]1CCN(CC)C2(CC2)C1. The maximum Gasteiger partial charge on any atom is 0.0213 e. The summed E-state index contributed by atoms with van der Waals surface area (Å²) in [6.07, 6.45) is 7.32. The molecule has 1 heteroatoms. The zero-order chi connectivity index (χ0) is 8.60. The maximum absolute atomic E-state index is 2.72. The first-order chi connectivity index (χ1) is 5.80. The van der Waals surface area contributed by atoms with Crippen LogP contribution >= 0.6 is 0 Å². The van der Waals surface area contributed by atoms with Crippen molar-refractivity contribution in [3.8, 4) is 0 Å². The van der Waals surface area contributed by atoms with E-state index in [4.69, 9.17) is 0 Å². The quantitative estimate of drug-likeness (QED) is 0.611. The van der Waals surface area contributed by atoms with Crippen molar-refractivity contribution in [2.24, 2.45) is 5.92 Å². The molecule has 0 radical (unpaired) electrons. The van der Waals surface area contributed by atoms with Gasteiger partial charge in [-0.25, -0.2) is 0 Å². The smallest absolute Gasteiger partial charge is 0.0213 e. The Kier molecular flexibility index (Phi) is 2.16. The van der Waals surface area contributed by atoms with E-state index in [2.05, 4.69) is 18.7 Å². The van der Waals surface area contributed by atoms with Crippen LogP contribution in [-0.2, 0) is 0 Å². The topological polar surface area (TPSA) is 3.24 Å². The van der Waals surface area contributed by atoms with Gasteiger partial charge < -0.3 is 0 Å². The van der Waals surface area contributed by atoms with Crippen LogP contribution in [0, 0.1) is 5.92 Å². The van der Waals surface area contributed by atoms with Crippen LogP contribution in [0.3, 0.4) is 0 Å². The van der Waals surface area contributed by atoms with E-state index in [-0.39, 0.29) is 0 Å². The van der Waals surface area contributed by atoms with Crippen LogP contribution in [0.5, 0.6) is 0 Å². The summed E-state index contributed by atoms with van der Waals surface area (Å²) in [6.45, 7) is 7.31. The first kappa shape index (κ1) is 8.55. The molecule has 2 aliphatic rings. The van der Waals surface area contributed by atoms with Crippen molar-refractivity contribution in [2.75, 3.05) is 13.1 Å². The fourth-order valence-electron chi connectivity index (χ4n) is 2.85. The molecule has 0 aromatic heterocycles. The fraction of sp³-hybridized carbons (Fsp3) is 1.00. The van der Waals surface area contributed by atoms with Crippen LogP contribution in [0.25, 0.3) is 0 Å². The van der Waals surface area contributed by atoms with Gasteiger partial charge in [-0.2, -0.15) is 0 Å². The molecular weight excluding hydrogens is 146 g/mol. The molecule has 1 spiro atoms. The third kappa shape index (κ3) is 1.28. The van der Waals surface area contributed by atoms with Gasteiger partial charge in [0.15, 0.2) is 0 Å². The second-order valence-corrected chi connectivity index (χ2v) is 4.57. The minimum absolute atomic E-state index is 0.702. The normalized spacial score (nSPS) is 34.0. The highest BCUT2D eigenvalue weighted by Crippen LogP contribution is 2.50. The lowest BCUT2D eigenvalue weighted by Gasteiger charge is -2.39. The molecule has 1 heterocycles. The van der Waals surface area contributed by atoms with Crippen LogP contribution in [0.2, 0.25) is 0 Å². The van der Waals surface area contributed by atoms with Crippen molar-refractivity contribution >= 4 is 0 Å². The van der Waals surface area contributed by atoms with Gasteiger partial charge in [0.05, 0.1) is 0 Å². The van der Waals surface area contributed by atoms with E-state index in [9.17, 15) is 0 Å². The van der Waals surface area contributed by atoms with Gasteiger partial charge in [0.1, 0.15) is 0 Å². The van der Waals surface area contributed by atoms with E-state index < -0.39 is 0 Å². The standard InChI is InChI=1S/C11H21N/c1-3-10-5-8-12(4-2)11(9-10)6-7-11/h10H,3-9H2,1-2H3/t10-/m1/s1. The number of hydrogen-bond acceptors (Lipinski definition) is 1. The highest BCUT2D eigenvalue weighted by Gasteiger charge is 2.49. The molecule has 0 N–H and O–H groups in total. The Hall–Kier alpha value is -0.0400. The largest absolute Gasteiger partial charge is 0.298 e. The molecule has 0 aromatic rings.